The van der Waals surface area contributed by atoms with E-state index in [4.69, 9.17) is 0 Å². The van der Waals surface area contributed by atoms with Crippen LogP contribution in [0.3, 0.4) is 0 Å². The van der Waals surface area contributed by atoms with Crippen molar-refractivity contribution in [1.82, 2.24) is 25.2 Å². The standard InChI is InChI=1S/C10H13N5O2S2/c1-3-8-11-7(5-18-8)6-19-10-12-13-14-15(10)4-9(16)17-2/h5H,3-4,6H2,1-2H3. The highest BCUT2D eigenvalue weighted by atomic mass is 32.2. The van der Waals surface area contributed by atoms with Gasteiger partial charge in [0.1, 0.15) is 6.54 Å². The minimum atomic E-state index is -0.379. The van der Waals surface area contributed by atoms with Crippen LogP contribution in [-0.2, 0) is 28.2 Å². The summed E-state index contributed by atoms with van der Waals surface area (Å²) < 4.78 is 6.00. The topological polar surface area (TPSA) is 82.8 Å². The lowest BCUT2D eigenvalue weighted by Gasteiger charge is -2.01. The molecule has 0 aliphatic carbocycles. The van der Waals surface area contributed by atoms with Gasteiger partial charge in [0.15, 0.2) is 0 Å². The number of carbonyl (C=O) groups is 1. The van der Waals surface area contributed by atoms with Crippen LogP contribution in [0.2, 0.25) is 0 Å². The molecular formula is C10H13N5O2S2. The molecule has 9 heteroatoms. The van der Waals surface area contributed by atoms with Crippen molar-refractivity contribution in [2.75, 3.05) is 7.11 Å². The van der Waals surface area contributed by atoms with Gasteiger partial charge in [0, 0.05) is 11.1 Å². The number of aromatic nitrogens is 5. The molecule has 0 saturated carbocycles. The lowest BCUT2D eigenvalue weighted by atomic mass is 10.5. The van der Waals surface area contributed by atoms with Gasteiger partial charge in [-0.15, -0.1) is 16.4 Å². The number of thiazole rings is 1. The summed E-state index contributed by atoms with van der Waals surface area (Å²) in [6.45, 7) is 2.09. The lowest BCUT2D eigenvalue weighted by molar-refractivity contribution is -0.141. The summed E-state index contributed by atoms with van der Waals surface area (Å²) in [5.74, 6) is 0.300. The molecule has 0 aliphatic heterocycles. The fraction of sp³-hybridized carbons (Fsp3) is 0.500. The van der Waals surface area contributed by atoms with E-state index >= 15 is 0 Å². The summed E-state index contributed by atoms with van der Waals surface area (Å²) in [6, 6.07) is 0. The van der Waals surface area contributed by atoms with Crippen molar-refractivity contribution in [1.29, 1.82) is 0 Å². The number of carbonyl (C=O) groups excluding carboxylic acids is 1. The molecule has 0 saturated heterocycles. The summed E-state index contributed by atoms with van der Waals surface area (Å²) in [5.41, 5.74) is 1.000. The number of aryl methyl sites for hydroxylation is 1. The summed E-state index contributed by atoms with van der Waals surface area (Å²) in [6.07, 6.45) is 0.940. The van der Waals surface area contributed by atoms with E-state index in [-0.39, 0.29) is 12.5 Å². The quantitative estimate of drug-likeness (QED) is 0.584. The Hall–Kier alpha value is -1.48. The molecule has 0 amide bonds. The summed E-state index contributed by atoms with van der Waals surface area (Å²) in [4.78, 5) is 15.7. The second-order valence-corrected chi connectivity index (χ2v) is 5.46. The number of nitrogens with zero attached hydrogens (tertiary/aromatic N) is 5. The molecule has 102 valence electrons. The Morgan fingerprint density at radius 1 is 1.58 bits per heavy atom. The molecule has 0 unspecified atom stereocenters. The van der Waals surface area contributed by atoms with Crippen LogP contribution >= 0.6 is 23.1 Å². The van der Waals surface area contributed by atoms with Crippen molar-refractivity contribution in [2.24, 2.45) is 0 Å². The molecule has 0 atom stereocenters. The highest BCUT2D eigenvalue weighted by molar-refractivity contribution is 7.98. The van der Waals surface area contributed by atoms with E-state index in [0.717, 1.165) is 17.1 Å². The molecule has 2 heterocycles. The van der Waals surface area contributed by atoms with E-state index in [2.05, 4.69) is 32.2 Å². The highest BCUT2D eigenvalue weighted by Gasteiger charge is 2.12. The van der Waals surface area contributed by atoms with Crippen LogP contribution < -0.4 is 0 Å². The zero-order valence-electron chi connectivity index (χ0n) is 10.6. The van der Waals surface area contributed by atoms with E-state index < -0.39 is 0 Å². The van der Waals surface area contributed by atoms with Crippen LogP contribution in [0.15, 0.2) is 10.5 Å². The number of ether oxygens (including phenoxy) is 1. The second kappa shape index (κ2) is 6.62. The molecule has 0 spiro atoms. The van der Waals surface area contributed by atoms with E-state index in [1.54, 1.807) is 11.3 Å². The molecule has 0 aromatic carbocycles. The number of methoxy groups -OCH3 is 1. The maximum Gasteiger partial charge on any atom is 0.327 e. The molecule has 2 aromatic rings. The Morgan fingerprint density at radius 2 is 2.42 bits per heavy atom. The fourth-order valence-corrected chi connectivity index (χ4v) is 2.92. The van der Waals surface area contributed by atoms with Gasteiger partial charge in [-0.3, -0.25) is 4.79 Å². The number of rotatable bonds is 6. The normalized spacial score (nSPS) is 10.6. The molecule has 19 heavy (non-hydrogen) atoms. The highest BCUT2D eigenvalue weighted by Crippen LogP contribution is 2.21. The molecular weight excluding hydrogens is 286 g/mol. The first-order valence-corrected chi connectivity index (χ1v) is 7.48. The van der Waals surface area contributed by atoms with Gasteiger partial charge in [-0.05, 0) is 16.8 Å². The van der Waals surface area contributed by atoms with Crippen LogP contribution in [-0.4, -0.2) is 38.3 Å². The molecule has 0 radical (unpaired) electrons. The first-order valence-electron chi connectivity index (χ1n) is 5.62. The predicted octanol–water partition coefficient (Wildman–Crippen LogP) is 1.16. The van der Waals surface area contributed by atoms with Gasteiger partial charge in [-0.25, -0.2) is 9.67 Å². The molecule has 0 bridgehead atoms. The zero-order chi connectivity index (χ0) is 13.7. The van der Waals surface area contributed by atoms with Crippen LogP contribution in [0.5, 0.6) is 0 Å². The van der Waals surface area contributed by atoms with Crippen molar-refractivity contribution >= 4 is 29.1 Å². The maximum atomic E-state index is 11.2. The van der Waals surface area contributed by atoms with Gasteiger partial charge in [-0.2, -0.15) is 0 Å². The Labute approximate surface area is 118 Å². The van der Waals surface area contributed by atoms with Gasteiger partial charge in [0.25, 0.3) is 0 Å². The SMILES string of the molecule is CCc1nc(CSc2nnnn2CC(=O)OC)cs1. The number of tetrazole rings is 1. The predicted molar refractivity (Wildman–Crippen MR) is 70.9 cm³/mol. The third kappa shape index (κ3) is 3.74. The number of thioether (sulfide) groups is 1. The van der Waals surface area contributed by atoms with Gasteiger partial charge >= 0.3 is 5.97 Å². The van der Waals surface area contributed by atoms with Gasteiger partial charge < -0.3 is 4.74 Å². The van der Waals surface area contributed by atoms with Crippen LogP contribution in [0.25, 0.3) is 0 Å². The molecule has 0 fully saturated rings. The minimum Gasteiger partial charge on any atom is -0.468 e. The number of hydrogen-bond acceptors (Lipinski definition) is 8. The summed E-state index contributed by atoms with van der Waals surface area (Å²) in [5, 5.41) is 14.9. The summed E-state index contributed by atoms with van der Waals surface area (Å²) >= 11 is 3.09. The molecule has 0 aliphatic rings. The molecule has 2 rings (SSSR count). The maximum absolute atomic E-state index is 11.2. The number of esters is 1. The van der Waals surface area contributed by atoms with Crippen molar-refractivity contribution < 1.29 is 9.53 Å². The average molecular weight is 299 g/mol. The largest absolute Gasteiger partial charge is 0.468 e. The molecule has 7 nitrogen and oxygen atoms in total. The van der Waals surface area contributed by atoms with Crippen molar-refractivity contribution in [2.45, 2.75) is 30.8 Å². The zero-order valence-corrected chi connectivity index (χ0v) is 12.2. The van der Waals surface area contributed by atoms with E-state index in [0.29, 0.717) is 10.9 Å². The molecule has 2 aromatic heterocycles. The van der Waals surface area contributed by atoms with Crippen molar-refractivity contribution in [3.63, 3.8) is 0 Å². The van der Waals surface area contributed by atoms with E-state index in [9.17, 15) is 4.79 Å². The minimum absolute atomic E-state index is 0.0170. The van der Waals surface area contributed by atoms with E-state index in [1.165, 1.54) is 23.6 Å². The van der Waals surface area contributed by atoms with Crippen molar-refractivity contribution in [3.8, 4) is 0 Å². The van der Waals surface area contributed by atoms with Gasteiger partial charge in [0.2, 0.25) is 5.16 Å². The third-order valence-corrected chi connectivity index (χ3v) is 4.29. The van der Waals surface area contributed by atoms with Gasteiger partial charge in [-0.1, -0.05) is 18.7 Å². The monoisotopic (exact) mass is 299 g/mol. The summed E-state index contributed by atoms with van der Waals surface area (Å²) in [7, 11) is 1.33. The number of hydrogen-bond donors (Lipinski definition) is 0. The first-order chi connectivity index (χ1) is 9.22. The smallest absolute Gasteiger partial charge is 0.327 e. The van der Waals surface area contributed by atoms with Crippen LogP contribution in [0, 0.1) is 0 Å². The first kappa shape index (κ1) is 13.9. The van der Waals surface area contributed by atoms with Crippen LogP contribution in [0.1, 0.15) is 17.6 Å². The Morgan fingerprint density at radius 3 is 3.11 bits per heavy atom. The second-order valence-electron chi connectivity index (χ2n) is 3.57. The Balaban J connectivity index is 1.96. The third-order valence-electron chi connectivity index (χ3n) is 2.26. The Kier molecular flexibility index (Phi) is 4.86. The average Bonchev–Trinajstić information content (AvgIpc) is 3.05. The van der Waals surface area contributed by atoms with Crippen molar-refractivity contribution in [3.05, 3.63) is 16.1 Å². The lowest BCUT2D eigenvalue weighted by Crippen LogP contribution is -2.13. The Bertz CT molecular complexity index is 554. The molecule has 0 N–H and O–H groups in total. The fourth-order valence-electron chi connectivity index (χ4n) is 1.30. The van der Waals surface area contributed by atoms with Gasteiger partial charge in [0.05, 0.1) is 17.8 Å². The van der Waals surface area contributed by atoms with E-state index in [1.807, 2.05) is 5.38 Å². The van der Waals surface area contributed by atoms with Crippen LogP contribution in [0.4, 0.5) is 0 Å².